The molecule has 0 atom stereocenters. The molecule has 0 nitrogen and oxygen atoms in total. The van der Waals surface area contributed by atoms with Crippen molar-refractivity contribution in [2.75, 3.05) is 0 Å². The minimum atomic E-state index is -0.114. The molecule has 0 spiro atoms. The van der Waals surface area contributed by atoms with E-state index in [1.54, 1.807) is 37.4 Å². The van der Waals surface area contributed by atoms with Gasteiger partial charge in [-0.1, -0.05) is 424 Å². The molecule has 67 heavy (non-hydrogen) atoms. The zero-order chi connectivity index (χ0) is 48.1. The molecule has 0 rings (SSSR count). The zero-order valence-electron chi connectivity index (χ0n) is 48.0. The first-order chi connectivity index (χ1) is 33.3. The van der Waals surface area contributed by atoms with Gasteiger partial charge in [0.15, 0.2) is 0 Å². The van der Waals surface area contributed by atoms with Crippen LogP contribution in [0.3, 0.4) is 0 Å². The molecule has 403 valence electrons. The molecule has 0 saturated heterocycles. The smallest absolute Gasteiger partial charge is 0.0479 e. The molecule has 1 radical (unpaired) electrons. The SMILES string of the molecule is CCCCCCCCCCCCCCCCCCCCCC[Si](CCCCCCCCCCCCCCCCCCCCCC)CCCCCCCCCCCCCCCCCCCCCC. The van der Waals surface area contributed by atoms with Crippen LogP contribution >= 0.6 is 0 Å². The molecule has 0 amide bonds. The Bertz CT molecular complexity index is 701. The second-order valence-corrected chi connectivity index (χ2v) is 26.2. The lowest BCUT2D eigenvalue weighted by Crippen LogP contribution is -2.12. The Morgan fingerprint density at radius 3 is 0.313 bits per heavy atom. The van der Waals surface area contributed by atoms with Crippen LogP contribution in [-0.4, -0.2) is 8.80 Å². The lowest BCUT2D eigenvalue weighted by Gasteiger charge is -2.15. The summed E-state index contributed by atoms with van der Waals surface area (Å²) in [5, 5.41) is 0. The third-order valence-electron chi connectivity index (χ3n) is 16.2. The number of unbranched alkanes of at least 4 members (excludes halogenated alkanes) is 57. The predicted molar refractivity (Wildman–Crippen MR) is 314 cm³/mol. The standard InChI is InChI=1S/C66H135Si/c1-4-7-10-13-16-19-22-25-28-31-34-37-40-43-46-49-52-55-58-61-64-67(65-62-59-56-53-50-47-44-41-38-35-32-29-26-23-20-17-14-11-8-5-2)66-63-60-57-54-51-48-45-42-39-36-33-30-27-24-21-18-15-12-9-6-3/h4-66H2,1-3H3. The summed E-state index contributed by atoms with van der Waals surface area (Å²) >= 11 is 0. The molecule has 0 aromatic carbocycles. The number of rotatable bonds is 63. The lowest BCUT2D eigenvalue weighted by molar-refractivity contribution is 0.522. The first kappa shape index (κ1) is 67.2. The van der Waals surface area contributed by atoms with Crippen molar-refractivity contribution in [1.29, 1.82) is 0 Å². The van der Waals surface area contributed by atoms with Gasteiger partial charge in [-0.05, 0) is 0 Å². The molecule has 0 bridgehead atoms. The van der Waals surface area contributed by atoms with Gasteiger partial charge in [-0.3, -0.25) is 0 Å². The van der Waals surface area contributed by atoms with Crippen LogP contribution in [0, 0.1) is 0 Å². The summed E-state index contributed by atoms with van der Waals surface area (Å²) in [5.41, 5.74) is 0. The number of hydrogen-bond donors (Lipinski definition) is 0. The highest BCUT2D eigenvalue weighted by Gasteiger charge is 2.11. The third-order valence-corrected chi connectivity index (χ3v) is 19.3. The second-order valence-electron chi connectivity index (χ2n) is 23.2. The van der Waals surface area contributed by atoms with Crippen molar-refractivity contribution in [2.45, 2.75) is 424 Å². The van der Waals surface area contributed by atoms with Crippen LogP contribution in [-0.2, 0) is 0 Å². The molecule has 0 aliphatic rings. The Hall–Kier alpha value is 0.217. The quantitative estimate of drug-likeness (QED) is 0.0421. The van der Waals surface area contributed by atoms with Crippen LogP contribution < -0.4 is 0 Å². The molecule has 0 unspecified atom stereocenters. The van der Waals surface area contributed by atoms with Gasteiger partial charge < -0.3 is 0 Å². The molecule has 0 heterocycles. The van der Waals surface area contributed by atoms with Crippen molar-refractivity contribution < 1.29 is 0 Å². The summed E-state index contributed by atoms with van der Waals surface area (Å²) < 4.78 is 0. The molecule has 0 fully saturated rings. The van der Waals surface area contributed by atoms with Crippen LogP contribution in [0.4, 0.5) is 0 Å². The molecular formula is C66H135Si. The highest BCUT2D eigenvalue weighted by atomic mass is 28.3. The summed E-state index contributed by atoms with van der Waals surface area (Å²) in [7, 11) is -0.114. The van der Waals surface area contributed by atoms with E-state index in [2.05, 4.69) is 20.8 Å². The summed E-state index contributed by atoms with van der Waals surface area (Å²) in [6.45, 7) is 6.97. The predicted octanol–water partition coefficient (Wildman–Crippen LogP) is 25.9. The van der Waals surface area contributed by atoms with Gasteiger partial charge in [0.25, 0.3) is 0 Å². The molecule has 0 saturated carbocycles. The monoisotopic (exact) mass is 956 g/mol. The maximum absolute atomic E-state index is 2.32. The first-order valence-corrected chi connectivity index (χ1v) is 35.3. The largest absolute Gasteiger partial charge is 0.0654 e. The Kier molecular flexibility index (Phi) is 64.4. The molecular weight excluding hydrogens is 821 g/mol. The highest BCUT2D eigenvalue weighted by molar-refractivity contribution is 6.58. The van der Waals surface area contributed by atoms with E-state index in [0.29, 0.717) is 0 Å². The fraction of sp³-hybridized carbons (Fsp3) is 1.00. The molecule has 0 N–H and O–H groups in total. The van der Waals surface area contributed by atoms with Gasteiger partial charge in [0.05, 0.1) is 0 Å². The lowest BCUT2D eigenvalue weighted by atomic mass is 10.0. The topological polar surface area (TPSA) is 0 Å². The minimum Gasteiger partial charge on any atom is -0.0654 e. The molecule has 0 aliphatic carbocycles. The Morgan fingerprint density at radius 1 is 0.119 bits per heavy atom. The fourth-order valence-corrected chi connectivity index (χ4v) is 14.3. The normalized spacial score (nSPS) is 11.8. The minimum absolute atomic E-state index is 0.114. The Balaban J connectivity index is 3.97. The van der Waals surface area contributed by atoms with E-state index in [9.17, 15) is 0 Å². The second kappa shape index (κ2) is 64.2. The molecule has 0 aromatic heterocycles. The van der Waals surface area contributed by atoms with Crippen LogP contribution in [0.25, 0.3) is 0 Å². The van der Waals surface area contributed by atoms with Crippen molar-refractivity contribution in [3.63, 3.8) is 0 Å². The first-order valence-electron chi connectivity index (χ1n) is 33.2. The van der Waals surface area contributed by atoms with Crippen molar-refractivity contribution >= 4 is 8.80 Å². The van der Waals surface area contributed by atoms with Gasteiger partial charge in [0, 0.05) is 8.80 Å². The van der Waals surface area contributed by atoms with E-state index in [4.69, 9.17) is 0 Å². The van der Waals surface area contributed by atoms with Crippen LogP contribution in [0.15, 0.2) is 0 Å². The third kappa shape index (κ3) is 62.3. The van der Waals surface area contributed by atoms with Crippen molar-refractivity contribution in [3.8, 4) is 0 Å². The summed E-state index contributed by atoms with van der Waals surface area (Å²) in [4.78, 5) is 0. The van der Waals surface area contributed by atoms with E-state index in [1.807, 2.05) is 0 Å². The Labute approximate surface area is 430 Å². The van der Waals surface area contributed by atoms with Crippen LogP contribution in [0.5, 0.6) is 0 Å². The zero-order valence-corrected chi connectivity index (χ0v) is 49.0. The maximum atomic E-state index is 2.32. The Morgan fingerprint density at radius 2 is 0.209 bits per heavy atom. The maximum Gasteiger partial charge on any atom is 0.0479 e. The van der Waals surface area contributed by atoms with Gasteiger partial charge in [-0.15, -0.1) is 0 Å². The average molecular weight is 957 g/mol. The van der Waals surface area contributed by atoms with Crippen molar-refractivity contribution in [1.82, 2.24) is 0 Å². The summed E-state index contributed by atoms with van der Waals surface area (Å²) in [6.07, 6.45) is 89.7. The van der Waals surface area contributed by atoms with E-state index < -0.39 is 0 Å². The van der Waals surface area contributed by atoms with Gasteiger partial charge in [-0.2, -0.15) is 0 Å². The average Bonchev–Trinajstić information content (AvgIpc) is 3.34. The van der Waals surface area contributed by atoms with E-state index in [-0.39, 0.29) is 8.80 Å². The van der Waals surface area contributed by atoms with Gasteiger partial charge in [-0.25, -0.2) is 0 Å². The van der Waals surface area contributed by atoms with E-state index >= 15 is 0 Å². The van der Waals surface area contributed by atoms with Crippen molar-refractivity contribution in [2.24, 2.45) is 0 Å². The van der Waals surface area contributed by atoms with Gasteiger partial charge in [0.1, 0.15) is 0 Å². The van der Waals surface area contributed by atoms with Crippen LogP contribution in [0.1, 0.15) is 406 Å². The van der Waals surface area contributed by atoms with E-state index in [0.717, 1.165) is 0 Å². The molecule has 0 aliphatic heterocycles. The van der Waals surface area contributed by atoms with Crippen molar-refractivity contribution in [3.05, 3.63) is 0 Å². The van der Waals surface area contributed by atoms with Gasteiger partial charge >= 0.3 is 0 Å². The molecule has 1 heteroatoms. The summed E-state index contributed by atoms with van der Waals surface area (Å²) in [6, 6.07) is 4.92. The summed E-state index contributed by atoms with van der Waals surface area (Å²) in [5.74, 6) is 0. The fourth-order valence-electron chi connectivity index (χ4n) is 11.3. The number of hydrogen-bond acceptors (Lipinski definition) is 0. The highest BCUT2D eigenvalue weighted by Crippen LogP contribution is 2.23. The molecule has 0 aromatic rings. The van der Waals surface area contributed by atoms with Gasteiger partial charge in [0.2, 0.25) is 0 Å². The van der Waals surface area contributed by atoms with Crippen LogP contribution in [0.2, 0.25) is 18.1 Å². The van der Waals surface area contributed by atoms with E-state index in [1.165, 1.54) is 366 Å².